The Hall–Kier alpha value is -1.75. The number of amides is 2. The molecule has 2 N–H and O–H groups in total. The van der Waals surface area contributed by atoms with E-state index in [9.17, 15) is 9.59 Å². The molecule has 1 aliphatic heterocycles. The molecule has 18 heavy (non-hydrogen) atoms. The highest BCUT2D eigenvalue weighted by atomic mass is 32.1. The van der Waals surface area contributed by atoms with Gasteiger partial charge in [-0.3, -0.25) is 14.5 Å². The van der Waals surface area contributed by atoms with Gasteiger partial charge in [0.15, 0.2) is 0 Å². The number of thiocarbonyl (C=S) groups is 1. The molecule has 94 valence electrons. The lowest BCUT2D eigenvalue weighted by atomic mass is 10.1. The van der Waals surface area contributed by atoms with Gasteiger partial charge in [0.1, 0.15) is 4.99 Å². The van der Waals surface area contributed by atoms with Crippen LogP contribution in [0.2, 0.25) is 0 Å². The third kappa shape index (κ3) is 2.73. The van der Waals surface area contributed by atoms with Crippen molar-refractivity contribution < 1.29 is 9.59 Å². The van der Waals surface area contributed by atoms with E-state index in [2.05, 4.69) is 0 Å². The van der Waals surface area contributed by atoms with Crippen molar-refractivity contribution in [3.63, 3.8) is 0 Å². The van der Waals surface area contributed by atoms with E-state index < -0.39 is 0 Å². The summed E-state index contributed by atoms with van der Waals surface area (Å²) in [5, 5.41) is 0. The number of hydrogen-bond donors (Lipinski definition) is 1. The van der Waals surface area contributed by atoms with Crippen molar-refractivity contribution in [2.75, 3.05) is 0 Å². The maximum Gasteiger partial charge on any atom is 0.229 e. The van der Waals surface area contributed by atoms with Gasteiger partial charge < -0.3 is 5.73 Å². The first-order valence-electron chi connectivity index (χ1n) is 5.80. The second-order valence-corrected chi connectivity index (χ2v) is 4.73. The first kappa shape index (κ1) is 12.7. The summed E-state index contributed by atoms with van der Waals surface area (Å²) < 4.78 is 0. The van der Waals surface area contributed by atoms with E-state index in [-0.39, 0.29) is 11.8 Å². The zero-order valence-corrected chi connectivity index (χ0v) is 10.7. The second-order valence-electron chi connectivity index (χ2n) is 4.29. The molecular weight excluding hydrogens is 248 g/mol. The Bertz CT molecular complexity index is 480. The molecule has 0 atom stereocenters. The van der Waals surface area contributed by atoms with Crippen LogP contribution >= 0.6 is 12.2 Å². The fourth-order valence-corrected chi connectivity index (χ4v) is 2.07. The first-order chi connectivity index (χ1) is 8.58. The van der Waals surface area contributed by atoms with Crippen LogP contribution < -0.4 is 5.73 Å². The third-order valence-electron chi connectivity index (χ3n) is 2.96. The summed E-state index contributed by atoms with van der Waals surface area (Å²) in [6, 6.07) is 7.28. The Morgan fingerprint density at radius 2 is 1.72 bits per heavy atom. The van der Waals surface area contributed by atoms with Gasteiger partial charge in [0.2, 0.25) is 11.8 Å². The smallest absolute Gasteiger partial charge is 0.229 e. The number of carbonyl (C=O) groups is 2. The Kier molecular flexibility index (Phi) is 3.72. The summed E-state index contributed by atoms with van der Waals surface area (Å²) in [5.41, 5.74) is 7.19. The Morgan fingerprint density at radius 3 is 2.22 bits per heavy atom. The lowest BCUT2D eigenvalue weighted by Gasteiger charge is -2.24. The fraction of sp³-hybridized carbons (Fsp3) is 0.308. The topological polar surface area (TPSA) is 63.4 Å². The molecule has 0 aliphatic carbocycles. The van der Waals surface area contributed by atoms with Gasteiger partial charge >= 0.3 is 0 Å². The predicted octanol–water partition coefficient (Wildman–Crippen LogP) is 1.36. The summed E-state index contributed by atoms with van der Waals surface area (Å²) >= 11 is 4.86. The molecule has 0 bridgehead atoms. The van der Waals surface area contributed by atoms with Crippen molar-refractivity contribution in [2.24, 2.45) is 5.73 Å². The zero-order valence-electron chi connectivity index (χ0n) is 9.89. The summed E-state index contributed by atoms with van der Waals surface area (Å²) in [6.45, 7) is 0.329. The molecule has 5 heteroatoms. The minimum atomic E-state index is -0.0929. The standard InChI is InChI=1S/C13H14N2O2S/c14-13(18)10-6-4-9(5-7-10)8-15-11(16)2-1-3-12(15)17/h4-7H,1-3,8H2,(H2,14,18). The SMILES string of the molecule is NC(=S)c1ccc(CN2C(=O)CCCC2=O)cc1. The van der Waals surface area contributed by atoms with E-state index in [0.717, 1.165) is 11.1 Å². The van der Waals surface area contributed by atoms with Gasteiger partial charge in [0, 0.05) is 18.4 Å². The quantitative estimate of drug-likeness (QED) is 0.660. The number of likely N-dealkylation sites (tertiary alicyclic amines) is 1. The summed E-state index contributed by atoms with van der Waals surface area (Å²) in [5.74, 6) is -0.186. The molecule has 1 aliphatic rings. The molecule has 0 spiro atoms. The van der Waals surface area contributed by atoms with Gasteiger partial charge in [-0.2, -0.15) is 0 Å². The highest BCUT2D eigenvalue weighted by molar-refractivity contribution is 7.80. The van der Waals surface area contributed by atoms with Crippen molar-refractivity contribution in [1.82, 2.24) is 4.90 Å². The molecular formula is C13H14N2O2S. The second kappa shape index (κ2) is 5.27. The lowest BCUT2D eigenvalue weighted by molar-refractivity contribution is -0.148. The molecule has 0 aromatic heterocycles. The summed E-state index contributed by atoms with van der Waals surface area (Å²) in [7, 11) is 0. The predicted molar refractivity (Wildman–Crippen MR) is 71.7 cm³/mol. The van der Waals surface area contributed by atoms with Crippen LogP contribution in [0.4, 0.5) is 0 Å². The average molecular weight is 262 g/mol. The van der Waals surface area contributed by atoms with Crippen LogP contribution in [0.1, 0.15) is 30.4 Å². The highest BCUT2D eigenvalue weighted by Crippen LogP contribution is 2.16. The number of nitrogens with two attached hydrogens (primary N) is 1. The Balaban J connectivity index is 2.11. The molecule has 1 saturated heterocycles. The van der Waals surface area contributed by atoms with Crippen molar-refractivity contribution >= 4 is 29.0 Å². The maximum atomic E-state index is 11.6. The van der Waals surface area contributed by atoms with Gasteiger partial charge in [0.25, 0.3) is 0 Å². The number of benzene rings is 1. The van der Waals surface area contributed by atoms with Crippen LogP contribution in [0.15, 0.2) is 24.3 Å². The molecule has 1 fully saturated rings. The van der Waals surface area contributed by atoms with Crippen molar-refractivity contribution in [3.05, 3.63) is 35.4 Å². The number of carbonyl (C=O) groups excluding carboxylic acids is 2. The van der Waals surface area contributed by atoms with Crippen molar-refractivity contribution in [3.8, 4) is 0 Å². The number of rotatable bonds is 3. The van der Waals surface area contributed by atoms with Crippen LogP contribution in [0.3, 0.4) is 0 Å². The van der Waals surface area contributed by atoms with Gasteiger partial charge in [-0.1, -0.05) is 36.5 Å². The highest BCUT2D eigenvalue weighted by Gasteiger charge is 2.25. The van der Waals surface area contributed by atoms with Gasteiger partial charge in [0.05, 0.1) is 6.54 Å². The van der Waals surface area contributed by atoms with Crippen LogP contribution in [0.25, 0.3) is 0 Å². The van der Waals surface area contributed by atoms with E-state index in [1.807, 2.05) is 12.1 Å². The van der Waals surface area contributed by atoms with E-state index in [0.29, 0.717) is 30.8 Å². The van der Waals surface area contributed by atoms with E-state index in [1.54, 1.807) is 12.1 Å². The molecule has 2 rings (SSSR count). The number of hydrogen-bond acceptors (Lipinski definition) is 3. The van der Waals surface area contributed by atoms with E-state index in [4.69, 9.17) is 18.0 Å². The van der Waals surface area contributed by atoms with Crippen molar-refractivity contribution in [1.29, 1.82) is 0 Å². The molecule has 0 saturated carbocycles. The molecule has 0 radical (unpaired) electrons. The summed E-state index contributed by atoms with van der Waals surface area (Å²) in [4.78, 5) is 25.0. The minimum absolute atomic E-state index is 0.0929. The van der Waals surface area contributed by atoms with Crippen molar-refractivity contribution in [2.45, 2.75) is 25.8 Å². The fourth-order valence-electron chi connectivity index (χ4n) is 1.93. The number of imide groups is 1. The van der Waals surface area contributed by atoms with E-state index >= 15 is 0 Å². The summed E-state index contributed by atoms with van der Waals surface area (Å²) in [6.07, 6.45) is 1.57. The van der Waals surface area contributed by atoms with Crippen LogP contribution in [-0.4, -0.2) is 21.7 Å². The maximum absolute atomic E-state index is 11.6. The molecule has 0 unspecified atom stereocenters. The van der Waals surface area contributed by atoms with Crippen LogP contribution in [0.5, 0.6) is 0 Å². The monoisotopic (exact) mass is 262 g/mol. The van der Waals surface area contributed by atoms with Gasteiger partial charge in [-0.25, -0.2) is 0 Å². The average Bonchev–Trinajstić information content (AvgIpc) is 2.34. The normalized spacial score (nSPS) is 15.9. The molecule has 1 aromatic carbocycles. The Morgan fingerprint density at radius 1 is 1.17 bits per heavy atom. The van der Waals surface area contributed by atoms with Crippen LogP contribution in [0, 0.1) is 0 Å². The molecule has 2 amide bonds. The molecule has 1 aromatic rings. The van der Waals surface area contributed by atoms with E-state index in [1.165, 1.54) is 4.90 Å². The third-order valence-corrected chi connectivity index (χ3v) is 3.20. The van der Waals surface area contributed by atoms with Crippen LogP contribution in [-0.2, 0) is 16.1 Å². The zero-order chi connectivity index (χ0) is 13.1. The largest absolute Gasteiger partial charge is 0.389 e. The molecule has 1 heterocycles. The van der Waals surface area contributed by atoms with Gasteiger partial charge in [-0.15, -0.1) is 0 Å². The van der Waals surface area contributed by atoms with Gasteiger partial charge in [-0.05, 0) is 12.0 Å². The Labute approximate surface area is 111 Å². The number of nitrogens with zero attached hydrogens (tertiary/aromatic N) is 1. The minimum Gasteiger partial charge on any atom is -0.389 e. The molecule has 4 nitrogen and oxygen atoms in total. The number of piperidine rings is 1. The lowest BCUT2D eigenvalue weighted by Crippen LogP contribution is -2.39. The first-order valence-corrected chi connectivity index (χ1v) is 6.20.